The molecule has 8 atom stereocenters. The summed E-state index contributed by atoms with van der Waals surface area (Å²) in [6.45, 7) is 15.7. The SMILES string of the molecule is CCc1ccc(C2Oc3cc(-c4cnc([C@@H]5CC67CC6([C@@H]7C)N5C(=O)OC(C)(C)C)[nH]4)cc(F)c3-c3cc4cc(-c5cnc([C@@H]6C[C@H]7C=C[C@H]7N6C(=O)OC(C)(C)C)[nH]5)ccc4n32)s1. The number of fused-ring (bicyclic) bond motifs is 6. The van der Waals surface area contributed by atoms with Gasteiger partial charge in [-0.2, -0.15) is 0 Å². The van der Waals surface area contributed by atoms with E-state index in [4.69, 9.17) is 24.2 Å². The van der Waals surface area contributed by atoms with Crippen molar-refractivity contribution in [2.24, 2.45) is 17.3 Å². The zero-order chi connectivity index (χ0) is 44.4. The van der Waals surface area contributed by atoms with Gasteiger partial charge >= 0.3 is 12.2 Å². The van der Waals surface area contributed by atoms with Gasteiger partial charge in [-0.05, 0) is 116 Å². The van der Waals surface area contributed by atoms with Gasteiger partial charge in [0, 0.05) is 32.7 Å². The number of halogens is 1. The lowest BCUT2D eigenvalue weighted by Gasteiger charge is -2.36. The first-order valence-corrected chi connectivity index (χ1v) is 23.4. The van der Waals surface area contributed by atoms with Gasteiger partial charge in [-0.25, -0.2) is 23.9 Å². The van der Waals surface area contributed by atoms with E-state index in [0.29, 0.717) is 40.1 Å². The van der Waals surface area contributed by atoms with Crippen LogP contribution in [0.4, 0.5) is 14.0 Å². The second kappa shape index (κ2) is 13.1. The molecule has 6 aromatic rings. The number of aromatic nitrogens is 5. The molecule has 2 N–H and O–H groups in total. The van der Waals surface area contributed by atoms with Crippen LogP contribution in [0, 0.1) is 23.1 Å². The van der Waals surface area contributed by atoms with E-state index in [-0.39, 0.29) is 47.2 Å². The summed E-state index contributed by atoms with van der Waals surface area (Å²) in [5.41, 5.74) is 3.74. The Morgan fingerprint density at radius 2 is 1.62 bits per heavy atom. The highest BCUT2D eigenvalue weighted by Gasteiger charge is 2.96. The summed E-state index contributed by atoms with van der Waals surface area (Å²) >= 11 is 1.70. The van der Waals surface area contributed by atoms with E-state index < -0.39 is 23.2 Å². The second-order valence-electron chi connectivity index (χ2n) is 20.7. The summed E-state index contributed by atoms with van der Waals surface area (Å²) in [5, 5.41) is 0.924. The van der Waals surface area contributed by atoms with Crippen LogP contribution in [-0.4, -0.2) is 69.3 Å². The molecule has 7 heterocycles. The number of amides is 2. The van der Waals surface area contributed by atoms with Crippen LogP contribution in [0.5, 0.6) is 5.75 Å². The maximum absolute atomic E-state index is 16.9. The number of carbonyl (C=O) groups excluding carboxylic acids is 2. The zero-order valence-corrected chi connectivity index (χ0v) is 38.1. The molecule has 14 heteroatoms. The fourth-order valence-electron chi connectivity index (χ4n) is 11.6. The number of hydrogen-bond acceptors (Lipinski definition) is 8. The molecule has 3 aliphatic carbocycles. The molecule has 330 valence electrons. The van der Waals surface area contributed by atoms with Gasteiger partial charge < -0.3 is 24.2 Å². The minimum absolute atomic E-state index is 0.00571. The number of benzene rings is 2. The summed E-state index contributed by atoms with van der Waals surface area (Å²) in [4.78, 5) is 49.7. The largest absolute Gasteiger partial charge is 0.464 e. The number of H-pyrrole nitrogens is 2. The minimum Gasteiger partial charge on any atom is -0.464 e. The Kier molecular flexibility index (Phi) is 8.13. The van der Waals surface area contributed by atoms with E-state index in [1.165, 1.54) is 4.88 Å². The van der Waals surface area contributed by atoms with Crippen molar-refractivity contribution in [1.82, 2.24) is 34.3 Å². The first-order chi connectivity index (χ1) is 30.5. The van der Waals surface area contributed by atoms with Crippen molar-refractivity contribution in [3.8, 4) is 39.5 Å². The van der Waals surface area contributed by atoms with Crippen molar-refractivity contribution in [3.05, 3.63) is 100 Å². The highest BCUT2D eigenvalue weighted by Crippen LogP contribution is 2.92. The molecule has 64 heavy (non-hydrogen) atoms. The van der Waals surface area contributed by atoms with Crippen LogP contribution in [0.1, 0.15) is 114 Å². The van der Waals surface area contributed by atoms with Gasteiger partial charge in [0.1, 0.15) is 34.4 Å². The molecule has 4 fully saturated rings. The van der Waals surface area contributed by atoms with Gasteiger partial charge in [0.25, 0.3) is 0 Å². The van der Waals surface area contributed by atoms with Gasteiger partial charge in [-0.1, -0.05) is 32.1 Å². The summed E-state index contributed by atoms with van der Waals surface area (Å²) in [7, 11) is 0. The third kappa shape index (κ3) is 5.69. The van der Waals surface area contributed by atoms with Crippen molar-refractivity contribution in [2.45, 2.75) is 122 Å². The Hall–Kier alpha value is -5.89. The summed E-state index contributed by atoms with van der Waals surface area (Å²) in [6, 6.07) is 15.4. The molecular formula is C50H52FN7O5S. The predicted molar refractivity (Wildman–Crippen MR) is 241 cm³/mol. The number of nitrogens with zero attached hydrogens (tertiary/aromatic N) is 5. The molecule has 0 radical (unpaired) electrons. The number of imidazole rings is 2. The number of thiophene rings is 1. The first kappa shape index (κ1) is 39.7. The molecule has 2 saturated carbocycles. The molecule has 6 aliphatic rings. The van der Waals surface area contributed by atoms with E-state index in [2.05, 4.69) is 64.8 Å². The van der Waals surface area contributed by atoms with Crippen LogP contribution in [0.25, 0.3) is 44.7 Å². The summed E-state index contributed by atoms with van der Waals surface area (Å²) < 4.78 is 37.6. The van der Waals surface area contributed by atoms with E-state index in [1.807, 2.05) is 75.7 Å². The van der Waals surface area contributed by atoms with Gasteiger partial charge in [-0.3, -0.25) is 14.4 Å². The smallest absolute Gasteiger partial charge is 0.411 e. The normalized spacial score (nSPS) is 28.2. The molecule has 12 nitrogen and oxygen atoms in total. The van der Waals surface area contributed by atoms with Crippen LogP contribution in [0.15, 0.2) is 73.1 Å². The van der Waals surface area contributed by atoms with E-state index in [9.17, 15) is 9.59 Å². The highest BCUT2D eigenvalue weighted by molar-refractivity contribution is 7.12. The maximum Gasteiger partial charge on any atom is 0.411 e. The molecule has 4 aromatic heterocycles. The molecule has 12 rings (SSSR count). The standard InChI is InChI=1S/C50H52FN7O5S/c1-9-30-12-15-40(64-30)44-56-35-13-10-26(32-22-52-42(54-32)37-18-27-11-14-34(27)57(37)45(59)62-47(3,4)5)16-29(35)19-36(56)41-31(51)17-28(20-39(41)61-44)33-23-53-43(55-33)38-21-49-24-50(49,25(49)2)58(38)46(60)63-48(6,7)8/h10-17,19-20,22-23,25,27,34,37-38,44H,9,18,21,24H2,1-8H3,(H,52,54)(H,53,55)/t25-,27-,34-,37+,38+,44?,49?,50?/m1/s1. The lowest BCUT2D eigenvalue weighted by Crippen LogP contribution is -2.44. The van der Waals surface area contributed by atoms with Gasteiger partial charge in [0.2, 0.25) is 6.23 Å². The van der Waals surface area contributed by atoms with Crippen molar-refractivity contribution in [1.29, 1.82) is 0 Å². The second-order valence-corrected chi connectivity index (χ2v) is 21.9. The summed E-state index contributed by atoms with van der Waals surface area (Å²) in [6.07, 6.45) is 10.1. The molecule has 0 spiro atoms. The van der Waals surface area contributed by atoms with Crippen LogP contribution < -0.4 is 4.74 Å². The van der Waals surface area contributed by atoms with Crippen molar-refractivity contribution in [3.63, 3.8) is 0 Å². The van der Waals surface area contributed by atoms with Gasteiger partial charge in [-0.15, -0.1) is 11.3 Å². The lowest BCUT2D eigenvalue weighted by molar-refractivity contribution is 0.00362. The molecule has 2 aromatic carbocycles. The zero-order valence-electron chi connectivity index (χ0n) is 37.3. The number of nitrogens with one attached hydrogen (secondary N) is 2. The van der Waals surface area contributed by atoms with E-state index in [0.717, 1.165) is 58.4 Å². The first-order valence-electron chi connectivity index (χ1n) is 22.5. The number of carbonyl (C=O) groups is 2. The van der Waals surface area contributed by atoms with E-state index >= 15 is 4.39 Å². The Morgan fingerprint density at radius 1 is 0.906 bits per heavy atom. The maximum atomic E-state index is 16.9. The number of piperidine rings is 2. The van der Waals surface area contributed by atoms with Crippen LogP contribution >= 0.6 is 11.3 Å². The summed E-state index contributed by atoms with van der Waals surface area (Å²) in [5.74, 6) is 2.12. The molecule has 0 bridgehead atoms. The number of aryl methyl sites for hydroxylation is 1. The predicted octanol–water partition coefficient (Wildman–Crippen LogP) is 11.5. The van der Waals surface area contributed by atoms with Crippen LogP contribution in [0.2, 0.25) is 0 Å². The Bertz CT molecular complexity index is 2990. The molecule has 3 unspecified atom stereocenters. The van der Waals surface area contributed by atoms with Crippen molar-refractivity contribution < 1.29 is 28.2 Å². The molecular weight excluding hydrogens is 830 g/mol. The van der Waals surface area contributed by atoms with Gasteiger partial charge in [0.05, 0.1) is 69.1 Å². The Labute approximate surface area is 374 Å². The minimum atomic E-state index is -0.621. The van der Waals surface area contributed by atoms with Crippen LogP contribution in [-0.2, 0) is 15.9 Å². The highest BCUT2D eigenvalue weighted by atomic mass is 32.1. The third-order valence-electron chi connectivity index (χ3n) is 14.8. The fraction of sp³-hybridized carbons (Fsp3) is 0.440. The lowest BCUT2D eigenvalue weighted by atomic mass is 9.89. The number of likely N-dealkylation sites (tertiary alicyclic amines) is 2. The number of aromatic amines is 2. The number of ether oxygens (including phenoxy) is 3. The topological polar surface area (TPSA) is 131 Å². The monoisotopic (exact) mass is 881 g/mol. The molecule has 3 aliphatic heterocycles. The molecule has 2 amide bonds. The Balaban J connectivity index is 0.883. The average Bonchev–Trinajstić information content (AvgIpc) is 3.85. The number of rotatable bonds is 6. The van der Waals surface area contributed by atoms with E-state index in [1.54, 1.807) is 23.6 Å². The van der Waals surface area contributed by atoms with Gasteiger partial charge in [0.15, 0.2) is 0 Å². The van der Waals surface area contributed by atoms with Crippen LogP contribution in [0.3, 0.4) is 0 Å². The number of hydrogen-bond donors (Lipinski definition) is 2. The van der Waals surface area contributed by atoms with Crippen molar-refractivity contribution >= 4 is 34.4 Å². The average molecular weight is 882 g/mol. The molecule has 2 saturated heterocycles. The third-order valence-corrected chi connectivity index (χ3v) is 16.0. The van der Waals surface area contributed by atoms with Crippen molar-refractivity contribution in [2.75, 3.05) is 0 Å². The fourth-order valence-corrected chi connectivity index (χ4v) is 12.5. The Morgan fingerprint density at radius 3 is 2.30 bits per heavy atom. The quantitative estimate of drug-likeness (QED) is 0.159.